The summed E-state index contributed by atoms with van der Waals surface area (Å²) >= 11 is 1.58. The minimum absolute atomic E-state index is 0.00906. The molecule has 1 saturated heterocycles. The Bertz CT molecular complexity index is 776. The van der Waals surface area contributed by atoms with E-state index in [0.29, 0.717) is 0 Å². The number of likely N-dealkylation sites (N-methyl/N-ethyl adjacent to an activating group) is 1. The zero-order chi connectivity index (χ0) is 18.7. The molecular weight excluding hydrogens is 342 g/mol. The van der Waals surface area contributed by atoms with E-state index in [9.17, 15) is 4.79 Å². The fourth-order valence-corrected chi connectivity index (χ4v) is 4.48. The van der Waals surface area contributed by atoms with Crippen LogP contribution in [0.3, 0.4) is 0 Å². The van der Waals surface area contributed by atoms with Crippen LogP contribution < -0.4 is 10.2 Å². The molecule has 0 radical (unpaired) electrons. The molecular formula is C21H29N3OS. The smallest absolute Gasteiger partial charge is 0.265 e. The molecule has 0 unspecified atom stereocenters. The molecule has 0 saturated carbocycles. The number of benzene rings is 1. The maximum atomic E-state index is 12.6. The van der Waals surface area contributed by atoms with E-state index in [4.69, 9.17) is 0 Å². The third-order valence-electron chi connectivity index (χ3n) is 5.27. The number of carbonyl (C=O) groups excluding carboxylic acids is 1. The van der Waals surface area contributed by atoms with Crippen molar-refractivity contribution in [3.63, 3.8) is 0 Å². The van der Waals surface area contributed by atoms with Gasteiger partial charge in [0.1, 0.15) is 0 Å². The Morgan fingerprint density at radius 2 is 1.85 bits per heavy atom. The molecule has 0 bridgehead atoms. The number of rotatable bonds is 5. The molecule has 1 aromatic carbocycles. The van der Waals surface area contributed by atoms with Gasteiger partial charge in [-0.05, 0) is 62.2 Å². The Balaban J connectivity index is 1.68. The summed E-state index contributed by atoms with van der Waals surface area (Å²) in [7, 11) is 0. The third kappa shape index (κ3) is 4.10. The number of anilines is 2. The van der Waals surface area contributed by atoms with E-state index < -0.39 is 0 Å². The summed E-state index contributed by atoms with van der Waals surface area (Å²) in [6, 6.07) is 8.37. The minimum atomic E-state index is -0.00906. The predicted octanol–water partition coefficient (Wildman–Crippen LogP) is 4.32. The van der Waals surface area contributed by atoms with Gasteiger partial charge in [0.2, 0.25) is 0 Å². The van der Waals surface area contributed by atoms with Gasteiger partial charge in [-0.1, -0.05) is 13.8 Å². The second kappa shape index (κ2) is 8.23. The summed E-state index contributed by atoms with van der Waals surface area (Å²) < 4.78 is 0. The van der Waals surface area contributed by atoms with Gasteiger partial charge < -0.3 is 15.1 Å². The van der Waals surface area contributed by atoms with E-state index in [1.165, 1.54) is 16.1 Å². The molecule has 0 spiro atoms. The van der Waals surface area contributed by atoms with Crippen molar-refractivity contribution in [3.8, 4) is 0 Å². The number of carbonyl (C=O) groups is 1. The molecule has 1 fully saturated rings. The van der Waals surface area contributed by atoms with Crippen molar-refractivity contribution in [2.75, 3.05) is 42.9 Å². The van der Waals surface area contributed by atoms with E-state index in [1.54, 1.807) is 11.3 Å². The van der Waals surface area contributed by atoms with Crippen LogP contribution in [0.2, 0.25) is 0 Å². The summed E-state index contributed by atoms with van der Waals surface area (Å²) in [5.74, 6) is -0.00906. The molecule has 0 atom stereocenters. The molecule has 3 rings (SSSR count). The molecule has 5 heteroatoms. The van der Waals surface area contributed by atoms with Gasteiger partial charge in [-0.2, -0.15) is 0 Å². The third-order valence-corrected chi connectivity index (χ3v) is 6.36. The van der Waals surface area contributed by atoms with E-state index in [1.807, 2.05) is 12.1 Å². The van der Waals surface area contributed by atoms with E-state index in [2.05, 4.69) is 54.9 Å². The first-order chi connectivity index (χ1) is 12.5. The van der Waals surface area contributed by atoms with Gasteiger partial charge in [-0.3, -0.25) is 4.79 Å². The molecule has 1 aliphatic rings. The van der Waals surface area contributed by atoms with Gasteiger partial charge in [-0.25, -0.2) is 0 Å². The van der Waals surface area contributed by atoms with Gasteiger partial charge in [0.05, 0.1) is 4.88 Å². The van der Waals surface area contributed by atoms with Crippen LogP contribution in [0, 0.1) is 13.8 Å². The van der Waals surface area contributed by atoms with E-state index >= 15 is 0 Å². The molecule has 26 heavy (non-hydrogen) atoms. The maximum absolute atomic E-state index is 12.6. The van der Waals surface area contributed by atoms with E-state index in [0.717, 1.165) is 55.3 Å². The van der Waals surface area contributed by atoms with Crippen molar-refractivity contribution in [2.24, 2.45) is 0 Å². The van der Waals surface area contributed by atoms with Gasteiger partial charge in [0.25, 0.3) is 5.91 Å². The number of hydrogen-bond donors (Lipinski definition) is 1. The minimum Gasteiger partial charge on any atom is -0.369 e. The molecule has 0 aliphatic carbocycles. The van der Waals surface area contributed by atoms with Crippen LogP contribution in [-0.2, 0) is 6.42 Å². The fraction of sp³-hybridized carbons (Fsp3) is 0.476. The average molecular weight is 372 g/mol. The van der Waals surface area contributed by atoms with Crippen LogP contribution in [0.5, 0.6) is 0 Å². The molecule has 1 amide bonds. The number of aryl methyl sites for hydroxylation is 3. The van der Waals surface area contributed by atoms with Crippen LogP contribution in [0.25, 0.3) is 0 Å². The first kappa shape index (κ1) is 18.9. The summed E-state index contributed by atoms with van der Waals surface area (Å²) in [6.07, 6.45) is 0.967. The summed E-state index contributed by atoms with van der Waals surface area (Å²) in [6.45, 7) is 14.0. The maximum Gasteiger partial charge on any atom is 0.265 e. The summed E-state index contributed by atoms with van der Waals surface area (Å²) in [5.41, 5.74) is 4.52. The quantitative estimate of drug-likeness (QED) is 0.850. The molecule has 2 aromatic rings. The highest BCUT2D eigenvalue weighted by Crippen LogP contribution is 2.26. The van der Waals surface area contributed by atoms with Crippen molar-refractivity contribution in [3.05, 3.63) is 45.1 Å². The summed E-state index contributed by atoms with van der Waals surface area (Å²) in [4.78, 5) is 19.5. The number of amides is 1. The second-order valence-electron chi connectivity index (χ2n) is 6.92. The van der Waals surface area contributed by atoms with Crippen LogP contribution >= 0.6 is 11.3 Å². The van der Waals surface area contributed by atoms with Crippen molar-refractivity contribution in [1.82, 2.24) is 4.90 Å². The van der Waals surface area contributed by atoms with Gasteiger partial charge in [0.15, 0.2) is 0 Å². The molecule has 1 aromatic heterocycles. The number of nitrogens with zero attached hydrogens (tertiary/aromatic N) is 2. The number of hydrogen-bond acceptors (Lipinski definition) is 4. The first-order valence-electron chi connectivity index (χ1n) is 9.50. The lowest BCUT2D eigenvalue weighted by molar-refractivity contribution is 0.103. The average Bonchev–Trinajstić information content (AvgIpc) is 3.04. The van der Waals surface area contributed by atoms with Gasteiger partial charge in [0, 0.05) is 42.4 Å². The van der Waals surface area contributed by atoms with E-state index in [-0.39, 0.29) is 5.91 Å². The Labute approximate surface area is 160 Å². The molecule has 2 heterocycles. The van der Waals surface area contributed by atoms with Crippen LogP contribution in [0.15, 0.2) is 24.3 Å². The zero-order valence-corrected chi connectivity index (χ0v) is 17.1. The lowest BCUT2D eigenvalue weighted by Crippen LogP contribution is -2.46. The Hall–Kier alpha value is -1.85. The van der Waals surface area contributed by atoms with Crippen molar-refractivity contribution < 1.29 is 4.79 Å². The Morgan fingerprint density at radius 3 is 2.42 bits per heavy atom. The fourth-order valence-electron chi connectivity index (χ4n) is 3.47. The second-order valence-corrected chi connectivity index (χ2v) is 8.18. The highest BCUT2D eigenvalue weighted by Gasteiger charge is 2.17. The molecule has 1 aliphatic heterocycles. The largest absolute Gasteiger partial charge is 0.369 e. The number of nitrogens with one attached hydrogen (secondary N) is 1. The van der Waals surface area contributed by atoms with Crippen LogP contribution in [0.1, 0.15) is 39.5 Å². The monoisotopic (exact) mass is 371 g/mol. The highest BCUT2D eigenvalue weighted by atomic mass is 32.1. The zero-order valence-electron chi connectivity index (χ0n) is 16.3. The topological polar surface area (TPSA) is 35.6 Å². The van der Waals surface area contributed by atoms with Crippen LogP contribution in [0.4, 0.5) is 11.4 Å². The standard InChI is InChI=1S/C21H29N3OS/c1-5-17-14-20(26-16(17)4)21(25)22-19-8-7-18(13-15(19)3)24-11-9-23(6-2)10-12-24/h7-8,13-14H,5-6,9-12H2,1-4H3,(H,22,25). The lowest BCUT2D eigenvalue weighted by Gasteiger charge is -2.35. The number of thiophene rings is 1. The van der Waals surface area contributed by atoms with Crippen molar-refractivity contribution in [1.29, 1.82) is 0 Å². The van der Waals surface area contributed by atoms with Crippen molar-refractivity contribution >= 4 is 28.6 Å². The van der Waals surface area contributed by atoms with Gasteiger partial charge >= 0.3 is 0 Å². The van der Waals surface area contributed by atoms with Crippen molar-refractivity contribution in [2.45, 2.75) is 34.1 Å². The first-order valence-corrected chi connectivity index (χ1v) is 10.3. The summed E-state index contributed by atoms with van der Waals surface area (Å²) in [5, 5.41) is 3.08. The normalized spacial score (nSPS) is 15.3. The van der Waals surface area contributed by atoms with Crippen LogP contribution in [-0.4, -0.2) is 43.5 Å². The predicted molar refractivity (Wildman–Crippen MR) is 112 cm³/mol. The highest BCUT2D eigenvalue weighted by molar-refractivity contribution is 7.14. The molecule has 1 N–H and O–H groups in total. The van der Waals surface area contributed by atoms with Gasteiger partial charge in [-0.15, -0.1) is 11.3 Å². The molecule has 140 valence electrons. The number of piperazine rings is 1. The SMILES string of the molecule is CCc1cc(C(=O)Nc2ccc(N3CCN(CC)CC3)cc2C)sc1C. The lowest BCUT2D eigenvalue weighted by atomic mass is 10.1. The Kier molecular flexibility index (Phi) is 5.99. The molecule has 4 nitrogen and oxygen atoms in total. The Morgan fingerprint density at radius 1 is 1.12 bits per heavy atom.